The first-order valence-corrected chi connectivity index (χ1v) is 7.74. The maximum atomic E-state index is 13.2. The predicted octanol–water partition coefficient (Wildman–Crippen LogP) is 5.37. The third-order valence-electron chi connectivity index (χ3n) is 2.87. The van der Waals surface area contributed by atoms with Crippen molar-refractivity contribution in [1.82, 2.24) is 0 Å². The van der Waals surface area contributed by atoms with Crippen molar-refractivity contribution in [3.05, 3.63) is 63.4 Å². The van der Waals surface area contributed by atoms with Gasteiger partial charge in [-0.05, 0) is 53.9 Å². The lowest BCUT2D eigenvalue weighted by Gasteiger charge is -2.10. The summed E-state index contributed by atoms with van der Waals surface area (Å²) in [6, 6.07) is 10.5. The zero-order chi connectivity index (χ0) is 13.8. The van der Waals surface area contributed by atoms with E-state index >= 15 is 0 Å². The maximum absolute atomic E-state index is 13.2. The minimum absolute atomic E-state index is 0.235. The third kappa shape index (κ3) is 3.80. The smallest absolute Gasteiger partial charge is 0.123 e. The number of hydrogen-bond acceptors (Lipinski definition) is 1. The molecule has 0 heterocycles. The summed E-state index contributed by atoms with van der Waals surface area (Å²) in [7, 11) is 0. The Balaban J connectivity index is 2.12. The van der Waals surface area contributed by atoms with Crippen molar-refractivity contribution in [3.8, 4) is 5.75 Å². The van der Waals surface area contributed by atoms with Gasteiger partial charge in [0.15, 0.2) is 0 Å². The Bertz CT molecular complexity index is 584. The highest BCUT2D eigenvalue weighted by atomic mass is 79.9. The van der Waals surface area contributed by atoms with Crippen LogP contribution in [0.25, 0.3) is 0 Å². The molecular weight excluding hydrogens is 375 g/mol. The van der Waals surface area contributed by atoms with Gasteiger partial charge in [0.25, 0.3) is 0 Å². The molecule has 2 aromatic rings. The molecule has 0 aliphatic rings. The van der Waals surface area contributed by atoms with Crippen LogP contribution in [0.3, 0.4) is 0 Å². The SMILES string of the molecule is Cc1ccc(F)cc1COc1ccc(Br)c(CBr)c1. The zero-order valence-electron chi connectivity index (χ0n) is 10.4. The number of hydrogen-bond donors (Lipinski definition) is 0. The van der Waals surface area contributed by atoms with Gasteiger partial charge in [-0.1, -0.05) is 37.9 Å². The number of alkyl halides is 1. The van der Waals surface area contributed by atoms with E-state index in [0.717, 1.165) is 32.2 Å². The van der Waals surface area contributed by atoms with Crippen LogP contribution in [0.2, 0.25) is 0 Å². The highest BCUT2D eigenvalue weighted by Crippen LogP contribution is 2.25. The van der Waals surface area contributed by atoms with Crippen LogP contribution in [0.15, 0.2) is 40.9 Å². The van der Waals surface area contributed by atoms with Crippen LogP contribution >= 0.6 is 31.9 Å². The summed E-state index contributed by atoms with van der Waals surface area (Å²) in [4.78, 5) is 0. The normalized spacial score (nSPS) is 10.5. The molecule has 0 unspecified atom stereocenters. The Hall–Kier alpha value is -0.870. The molecule has 0 N–H and O–H groups in total. The van der Waals surface area contributed by atoms with Gasteiger partial charge in [-0.15, -0.1) is 0 Å². The van der Waals surface area contributed by atoms with Gasteiger partial charge in [0, 0.05) is 9.80 Å². The zero-order valence-corrected chi connectivity index (χ0v) is 13.6. The van der Waals surface area contributed by atoms with Crippen LogP contribution in [0.1, 0.15) is 16.7 Å². The van der Waals surface area contributed by atoms with E-state index in [-0.39, 0.29) is 5.82 Å². The molecule has 0 aliphatic heterocycles. The predicted molar refractivity (Wildman–Crippen MR) is 82.2 cm³/mol. The second kappa shape index (κ2) is 6.53. The van der Waals surface area contributed by atoms with Gasteiger partial charge >= 0.3 is 0 Å². The van der Waals surface area contributed by atoms with Gasteiger partial charge in [0.05, 0.1) is 0 Å². The van der Waals surface area contributed by atoms with Gasteiger partial charge in [-0.2, -0.15) is 0 Å². The lowest BCUT2D eigenvalue weighted by atomic mass is 10.1. The summed E-state index contributed by atoms with van der Waals surface area (Å²) in [6.45, 7) is 2.32. The number of halogens is 3. The fraction of sp³-hybridized carbons (Fsp3) is 0.200. The highest BCUT2D eigenvalue weighted by Gasteiger charge is 2.04. The largest absolute Gasteiger partial charge is 0.489 e. The van der Waals surface area contributed by atoms with E-state index in [4.69, 9.17) is 4.74 Å². The van der Waals surface area contributed by atoms with E-state index in [2.05, 4.69) is 31.9 Å². The van der Waals surface area contributed by atoms with Crippen molar-refractivity contribution >= 4 is 31.9 Å². The molecule has 0 saturated heterocycles. The summed E-state index contributed by atoms with van der Waals surface area (Å²) >= 11 is 6.90. The summed E-state index contributed by atoms with van der Waals surface area (Å²) in [5, 5.41) is 0.754. The molecule has 19 heavy (non-hydrogen) atoms. The van der Waals surface area contributed by atoms with E-state index < -0.39 is 0 Å². The van der Waals surface area contributed by atoms with Crippen molar-refractivity contribution in [2.45, 2.75) is 18.9 Å². The van der Waals surface area contributed by atoms with Crippen molar-refractivity contribution in [3.63, 3.8) is 0 Å². The van der Waals surface area contributed by atoms with E-state index in [1.54, 1.807) is 6.07 Å². The number of benzene rings is 2. The summed E-state index contributed by atoms with van der Waals surface area (Å²) < 4.78 is 19.9. The fourth-order valence-electron chi connectivity index (χ4n) is 1.70. The Morgan fingerprint density at radius 3 is 2.63 bits per heavy atom. The summed E-state index contributed by atoms with van der Waals surface area (Å²) in [5.74, 6) is 0.544. The molecule has 0 fully saturated rings. The first kappa shape index (κ1) is 14.5. The number of aryl methyl sites for hydroxylation is 1. The lowest BCUT2D eigenvalue weighted by molar-refractivity contribution is 0.304. The summed E-state index contributed by atoms with van der Waals surface area (Å²) in [5.41, 5.74) is 3.01. The van der Waals surface area contributed by atoms with Gasteiger partial charge in [-0.3, -0.25) is 0 Å². The minimum Gasteiger partial charge on any atom is -0.489 e. The van der Waals surface area contributed by atoms with Crippen molar-refractivity contribution in [1.29, 1.82) is 0 Å². The third-order valence-corrected chi connectivity index (χ3v) is 4.24. The lowest BCUT2D eigenvalue weighted by Crippen LogP contribution is -1.99. The Morgan fingerprint density at radius 1 is 1.11 bits per heavy atom. The Labute approximate surface area is 129 Å². The first-order valence-electron chi connectivity index (χ1n) is 5.82. The molecule has 2 rings (SSSR count). The molecule has 0 aromatic heterocycles. The molecule has 0 atom stereocenters. The Morgan fingerprint density at radius 2 is 1.89 bits per heavy atom. The second-order valence-electron chi connectivity index (χ2n) is 4.25. The van der Waals surface area contributed by atoms with Crippen LogP contribution in [0.5, 0.6) is 5.75 Å². The van der Waals surface area contributed by atoms with Crippen LogP contribution in [0, 0.1) is 12.7 Å². The van der Waals surface area contributed by atoms with Crippen LogP contribution in [-0.4, -0.2) is 0 Å². The molecule has 0 bridgehead atoms. The molecule has 4 heteroatoms. The average Bonchev–Trinajstić information content (AvgIpc) is 2.41. The van der Waals surface area contributed by atoms with E-state index in [9.17, 15) is 4.39 Å². The first-order chi connectivity index (χ1) is 9.10. The van der Waals surface area contributed by atoms with E-state index in [0.29, 0.717) is 6.61 Å². The second-order valence-corrected chi connectivity index (χ2v) is 5.66. The molecule has 1 nitrogen and oxygen atoms in total. The van der Waals surface area contributed by atoms with Crippen molar-refractivity contribution < 1.29 is 9.13 Å². The van der Waals surface area contributed by atoms with Crippen LogP contribution in [0.4, 0.5) is 4.39 Å². The van der Waals surface area contributed by atoms with Crippen LogP contribution in [-0.2, 0) is 11.9 Å². The van der Waals surface area contributed by atoms with E-state index in [1.807, 2.05) is 25.1 Å². The van der Waals surface area contributed by atoms with Gasteiger partial charge < -0.3 is 4.74 Å². The standard InChI is InChI=1S/C15H13Br2FO/c1-10-2-3-13(18)6-12(10)9-19-14-4-5-15(17)11(7-14)8-16/h2-7H,8-9H2,1H3. The fourth-order valence-corrected chi connectivity index (χ4v) is 2.93. The molecule has 0 radical (unpaired) electrons. The molecule has 0 aliphatic carbocycles. The molecule has 0 amide bonds. The average molecular weight is 388 g/mol. The van der Waals surface area contributed by atoms with Crippen molar-refractivity contribution in [2.24, 2.45) is 0 Å². The topological polar surface area (TPSA) is 9.23 Å². The molecule has 2 aromatic carbocycles. The number of ether oxygens (including phenoxy) is 1. The van der Waals surface area contributed by atoms with Gasteiger partial charge in [0.2, 0.25) is 0 Å². The molecular formula is C15H13Br2FO. The number of rotatable bonds is 4. The molecule has 0 saturated carbocycles. The summed E-state index contributed by atoms with van der Waals surface area (Å²) in [6.07, 6.45) is 0. The van der Waals surface area contributed by atoms with Gasteiger partial charge in [-0.25, -0.2) is 4.39 Å². The Kier molecular flexibility index (Phi) is 4.99. The van der Waals surface area contributed by atoms with E-state index in [1.165, 1.54) is 12.1 Å². The molecule has 100 valence electrons. The minimum atomic E-state index is -0.235. The monoisotopic (exact) mass is 386 g/mol. The van der Waals surface area contributed by atoms with Crippen LogP contribution < -0.4 is 4.74 Å². The van der Waals surface area contributed by atoms with Gasteiger partial charge in [0.1, 0.15) is 18.2 Å². The highest BCUT2D eigenvalue weighted by molar-refractivity contribution is 9.10. The van der Waals surface area contributed by atoms with Crippen molar-refractivity contribution in [2.75, 3.05) is 0 Å². The maximum Gasteiger partial charge on any atom is 0.123 e. The quantitative estimate of drug-likeness (QED) is 0.640. The molecule has 0 spiro atoms.